The van der Waals surface area contributed by atoms with Crippen molar-refractivity contribution in [2.24, 2.45) is 11.8 Å². The van der Waals surface area contributed by atoms with Crippen molar-refractivity contribution in [3.63, 3.8) is 0 Å². The van der Waals surface area contributed by atoms with E-state index in [4.69, 9.17) is 0 Å². The molecule has 0 aliphatic rings. The molecule has 0 radical (unpaired) electrons. The first-order valence-corrected chi connectivity index (χ1v) is 4.98. The van der Waals surface area contributed by atoms with E-state index in [1.54, 1.807) is 27.7 Å². The van der Waals surface area contributed by atoms with Crippen molar-refractivity contribution in [2.75, 3.05) is 0 Å². The first kappa shape index (κ1) is 13.3. The second-order valence-corrected chi connectivity index (χ2v) is 4.44. The molecule has 0 bridgehead atoms. The van der Waals surface area contributed by atoms with E-state index >= 15 is 0 Å². The molecule has 0 aromatic carbocycles. The predicted octanol–water partition coefficient (Wildman–Crippen LogP) is 1.58. The van der Waals surface area contributed by atoms with E-state index in [1.165, 1.54) is 6.92 Å². The van der Waals surface area contributed by atoms with Gasteiger partial charge in [0.25, 0.3) is 0 Å². The summed E-state index contributed by atoms with van der Waals surface area (Å²) in [6.07, 6.45) is -0.174. The van der Waals surface area contributed by atoms with E-state index in [-0.39, 0.29) is 29.8 Å². The highest BCUT2D eigenvalue weighted by molar-refractivity contribution is 6.02. The Kier molecular flexibility index (Phi) is 4.46. The largest absolute Gasteiger partial charge is 0.382 e. The van der Waals surface area contributed by atoms with Crippen LogP contribution in [-0.4, -0.2) is 22.3 Å². The van der Waals surface area contributed by atoms with Crippen LogP contribution in [-0.2, 0) is 9.59 Å². The molecule has 0 aromatic rings. The molecule has 1 N–H and O–H groups in total. The molecule has 82 valence electrons. The molecule has 0 fully saturated rings. The van der Waals surface area contributed by atoms with Crippen LogP contribution < -0.4 is 0 Å². The first-order chi connectivity index (χ1) is 6.22. The summed E-state index contributed by atoms with van der Waals surface area (Å²) >= 11 is 0. The van der Waals surface area contributed by atoms with E-state index in [2.05, 4.69) is 0 Å². The van der Waals surface area contributed by atoms with Crippen molar-refractivity contribution in [1.82, 2.24) is 0 Å². The molecule has 0 spiro atoms. The van der Waals surface area contributed by atoms with Crippen molar-refractivity contribution in [2.45, 2.75) is 46.6 Å². The lowest BCUT2D eigenvalue weighted by molar-refractivity contribution is -0.149. The van der Waals surface area contributed by atoms with Crippen LogP contribution in [0.2, 0.25) is 0 Å². The fourth-order valence-electron chi connectivity index (χ4n) is 1.68. The number of rotatable bonds is 5. The van der Waals surface area contributed by atoms with Gasteiger partial charge in [0.15, 0.2) is 5.78 Å². The molecule has 0 saturated heterocycles. The third-order valence-electron chi connectivity index (χ3n) is 2.62. The molecule has 14 heavy (non-hydrogen) atoms. The van der Waals surface area contributed by atoms with Gasteiger partial charge >= 0.3 is 0 Å². The normalized spacial score (nSPS) is 12.3. The molecule has 0 heterocycles. The SMILES string of the molecule is CC(=O)CC(=O)C(O)(C(C)C)C(C)C. The summed E-state index contributed by atoms with van der Waals surface area (Å²) in [5, 5.41) is 10.2. The Morgan fingerprint density at radius 2 is 1.50 bits per heavy atom. The molecule has 0 saturated carbocycles. The van der Waals surface area contributed by atoms with E-state index in [9.17, 15) is 14.7 Å². The summed E-state index contributed by atoms with van der Waals surface area (Å²) in [5.74, 6) is -0.909. The maximum Gasteiger partial charge on any atom is 0.172 e. The average molecular weight is 200 g/mol. The van der Waals surface area contributed by atoms with Crippen molar-refractivity contribution in [1.29, 1.82) is 0 Å². The number of carbonyl (C=O) groups excluding carboxylic acids is 2. The van der Waals surface area contributed by atoms with Gasteiger partial charge in [-0.2, -0.15) is 0 Å². The zero-order valence-electron chi connectivity index (χ0n) is 9.63. The van der Waals surface area contributed by atoms with Crippen LogP contribution in [0, 0.1) is 11.8 Å². The molecule has 0 unspecified atom stereocenters. The topological polar surface area (TPSA) is 54.4 Å². The number of Topliss-reactive ketones (excluding diaryl/α,β-unsaturated/α-hetero) is 2. The lowest BCUT2D eigenvalue weighted by atomic mass is 9.76. The Balaban J connectivity index is 4.83. The minimum Gasteiger partial charge on any atom is -0.382 e. The Morgan fingerprint density at radius 3 is 1.71 bits per heavy atom. The fraction of sp³-hybridized carbons (Fsp3) is 0.818. The van der Waals surface area contributed by atoms with E-state index < -0.39 is 5.60 Å². The van der Waals surface area contributed by atoms with Crippen LogP contribution in [0.3, 0.4) is 0 Å². The highest BCUT2D eigenvalue weighted by Crippen LogP contribution is 2.28. The van der Waals surface area contributed by atoms with Gasteiger partial charge in [0.2, 0.25) is 0 Å². The van der Waals surface area contributed by atoms with E-state index in [0.717, 1.165) is 0 Å². The van der Waals surface area contributed by atoms with E-state index in [0.29, 0.717) is 0 Å². The van der Waals surface area contributed by atoms with Crippen molar-refractivity contribution >= 4 is 11.6 Å². The minimum atomic E-state index is -1.37. The van der Waals surface area contributed by atoms with Crippen LogP contribution in [0.15, 0.2) is 0 Å². The van der Waals surface area contributed by atoms with Gasteiger partial charge in [0, 0.05) is 0 Å². The van der Waals surface area contributed by atoms with E-state index in [1.807, 2.05) is 0 Å². The predicted molar refractivity (Wildman–Crippen MR) is 54.9 cm³/mol. The first-order valence-electron chi connectivity index (χ1n) is 4.98. The molecule has 0 atom stereocenters. The maximum atomic E-state index is 11.7. The van der Waals surface area contributed by atoms with Gasteiger partial charge < -0.3 is 5.11 Å². The lowest BCUT2D eigenvalue weighted by Crippen LogP contribution is -2.49. The van der Waals surface area contributed by atoms with Crippen molar-refractivity contribution in [3.8, 4) is 0 Å². The number of carbonyl (C=O) groups is 2. The third-order valence-corrected chi connectivity index (χ3v) is 2.62. The van der Waals surface area contributed by atoms with Crippen molar-refractivity contribution in [3.05, 3.63) is 0 Å². The molecule has 0 aromatic heterocycles. The smallest absolute Gasteiger partial charge is 0.172 e. The van der Waals surface area contributed by atoms with Gasteiger partial charge in [-0.25, -0.2) is 0 Å². The number of hydrogen-bond donors (Lipinski definition) is 1. The molecule has 3 nitrogen and oxygen atoms in total. The van der Waals surface area contributed by atoms with Gasteiger partial charge in [-0.05, 0) is 18.8 Å². The molecular formula is C11H20O3. The average Bonchev–Trinajstić information content (AvgIpc) is 2.00. The highest BCUT2D eigenvalue weighted by Gasteiger charge is 2.41. The number of aliphatic hydroxyl groups is 1. The fourth-order valence-corrected chi connectivity index (χ4v) is 1.68. The summed E-state index contributed by atoms with van der Waals surface area (Å²) in [4.78, 5) is 22.5. The monoisotopic (exact) mass is 200 g/mol. The maximum absolute atomic E-state index is 11.7. The summed E-state index contributed by atoms with van der Waals surface area (Å²) in [6, 6.07) is 0. The van der Waals surface area contributed by atoms with Gasteiger partial charge in [-0.15, -0.1) is 0 Å². The molecule has 0 amide bonds. The van der Waals surface area contributed by atoms with Crippen LogP contribution in [0.5, 0.6) is 0 Å². The summed E-state index contributed by atoms with van der Waals surface area (Å²) in [7, 11) is 0. The minimum absolute atomic E-state index is 0.172. The zero-order chi connectivity index (χ0) is 11.5. The standard InChI is InChI=1S/C11H20O3/c1-7(2)11(14,8(3)4)10(13)6-9(5)12/h7-8,14H,6H2,1-5H3. The Morgan fingerprint density at radius 1 is 1.14 bits per heavy atom. The van der Waals surface area contributed by atoms with Gasteiger partial charge in [-0.1, -0.05) is 27.7 Å². The second-order valence-electron chi connectivity index (χ2n) is 4.44. The summed E-state index contributed by atoms with van der Waals surface area (Å²) < 4.78 is 0. The van der Waals surface area contributed by atoms with Gasteiger partial charge in [0.05, 0.1) is 6.42 Å². The number of ketones is 2. The molecule has 0 rings (SSSR count). The van der Waals surface area contributed by atoms with Crippen LogP contribution in [0.25, 0.3) is 0 Å². The molecule has 0 aliphatic heterocycles. The number of hydrogen-bond acceptors (Lipinski definition) is 3. The summed E-state index contributed by atoms with van der Waals surface area (Å²) in [6.45, 7) is 8.52. The summed E-state index contributed by atoms with van der Waals surface area (Å²) in [5.41, 5.74) is -1.37. The van der Waals surface area contributed by atoms with Gasteiger partial charge in [-0.3, -0.25) is 9.59 Å². The quantitative estimate of drug-likeness (QED) is 0.685. The third kappa shape index (κ3) is 2.64. The van der Waals surface area contributed by atoms with Crippen LogP contribution in [0.1, 0.15) is 41.0 Å². The van der Waals surface area contributed by atoms with Crippen molar-refractivity contribution < 1.29 is 14.7 Å². The molecule has 3 heteroatoms. The highest BCUT2D eigenvalue weighted by atomic mass is 16.3. The Labute approximate surface area is 85.5 Å². The zero-order valence-corrected chi connectivity index (χ0v) is 9.63. The van der Waals surface area contributed by atoms with Crippen LogP contribution in [0.4, 0.5) is 0 Å². The Hall–Kier alpha value is -0.700. The van der Waals surface area contributed by atoms with Crippen LogP contribution >= 0.6 is 0 Å². The lowest BCUT2D eigenvalue weighted by Gasteiger charge is -2.34. The van der Waals surface area contributed by atoms with Gasteiger partial charge in [0.1, 0.15) is 11.4 Å². The molecular weight excluding hydrogens is 180 g/mol. The second kappa shape index (κ2) is 4.69. The molecule has 0 aliphatic carbocycles. The Bertz CT molecular complexity index is 221.